The van der Waals surface area contributed by atoms with Crippen LogP contribution in [0.2, 0.25) is 0 Å². The number of nitrogens with zero attached hydrogens (tertiary/aromatic N) is 2. The number of nitrogens with one attached hydrogen (secondary N) is 1. The van der Waals surface area contributed by atoms with Gasteiger partial charge in [-0.3, -0.25) is 9.78 Å². The van der Waals surface area contributed by atoms with Gasteiger partial charge in [-0.25, -0.2) is 0 Å². The first-order valence-electron chi connectivity index (χ1n) is 9.25. The highest BCUT2D eigenvalue weighted by Crippen LogP contribution is 2.21. The van der Waals surface area contributed by atoms with Crippen molar-refractivity contribution in [2.75, 3.05) is 26.2 Å². The quantitative estimate of drug-likeness (QED) is 0.899. The summed E-state index contributed by atoms with van der Waals surface area (Å²) in [4.78, 5) is 19.2. The summed E-state index contributed by atoms with van der Waals surface area (Å²) in [5.41, 5.74) is 1.78. The van der Waals surface area contributed by atoms with E-state index in [1.54, 1.807) is 12.4 Å². The number of ether oxygens (including phenoxy) is 1. The van der Waals surface area contributed by atoms with Gasteiger partial charge in [-0.15, -0.1) is 0 Å². The Hall–Kier alpha value is -1.46. The number of rotatable bonds is 5. The maximum atomic E-state index is 12.6. The molecular weight excluding hydrogens is 302 g/mol. The molecule has 0 unspecified atom stereocenters. The van der Waals surface area contributed by atoms with Crippen molar-refractivity contribution in [1.29, 1.82) is 0 Å². The average Bonchev–Trinajstić information content (AvgIpc) is 3.10. The first-order valence-corrected chi connectivity index (χ1v) is 9.25. The molecule has 2 fully saturated rings. The van der Waals surface area contributed by atoms with Crippen LogP contribution in [0.25, 0.3) is 0 Å². The second-order valence-corrected chi connectivity index (χ2v) is 7.13. The van der Waals surface area contributed by atoms with E-state index in [0.717, 1.165) is 50.2 Å². The van der Waals surface area contributed by atoms with Gasteiger partial charge in [0.05, 0.1) is 6.10 Å². The molecule has 0 radical (unpaired) electrons. The number of likely N-dealkylation sites (tertiary alicyclic amines) is 1. The molecule has 0 aliphatic carbocycles. The van der Waals surface area contributed by atoms with E-state index in [4.69, 9.17) is 4.74 Å². The van der Waals surface area contributed by atoms with E-state index in [-0.39, 0.29) is 11.9 Å². The van der Waals surface area contributed by atoms with E-state index in [9.17, 15) is 4.79 Å². The zero-order chi connectivity index (χ0) is 16.9. The highest BCUT2D eigenvalue weighted by Gasteiger charge is 2.29. The largest absolute Gasteiger partial charge is 0.377 e. The molecule has 3 atom stereocenters. The molecule has 0 aromatic carbocycles. The van der Waals surface area contributed by atoms with E-state index in [0.29, 0.717) is 12.0 Å². The van der Waals surface area contributed by atoms with Crippen LogP contribution in [0.1, 0.15) is 49.0 Å². The lowest BCUT2D eigenvalue weighted by molar-refractivity contribution is 0.0498. The van der Waals surface area contributed by atoms with Gasteiger partial charge < -0.3 is 15.0 Å². The smallest absolute Gasteiger partial charge is 0.251 e. The third kappa shape index (κ3) is 4.14. The maximum Gasteiger partial charge on any atom is 0.251 e. The molecule has 0 spiro atoms. The van der Waals surface area contributed by atoms with Gasteiger partial charge >= 0.3 is 0 Å². The minimum Gasteiger partial charge on any atom is -0.377 e. The summed E-state index contributed by atoms with van der Waals surface area (Å²) in [5, 5.41) is 3.25. The molecular formula is C19H29N3O2. The summed E-state index contributed by atoms with van der Waals surface area (Å²) in [6.45, 7) is 8.31. The zero-order valence-corrected chi connectivity index (χ0v) is 14.8. The Morgan fingerprint density at radius 1 is 1.46 bits per heavy atom. The van der Waals surface area contributed by atoms with Crippen molar-refractivity contribution in [1.82, 2.24) is 15.2 Å². The number of amides is 1. The second-order valence-electron chi connectivity index (χ2n) is 7.13. The summed E-state index contributed by atoms with van der Waals surface area (Å²) in [7, 11) is 0. The molecule has 1 aromatic heterocycles. The summed E-state index contributed by atoms with van der Waals surface area (Å²) in [5.74, 6) is 0.495. The lowest BCUT2D eigenvalue weighted by Crippen LogP contribution is -2.51. The first kappa shape index (κ1) is 17.4. The fourth-order valence-corrected chi connectivity index (χ4v) is 3.87. The van der Waals surface area contributed by atoms with Crippen molar-refractivity contribution < 1.29 is 9.53 Å². The molecule has 0 bridgehead atoms. The van der Waals surface area contributed by atoms with Crippen LogP contribution in [-0.4, -0.2) is 54.2 Å². The van der Waals surface area contributed by atoms with Gasteiger partial charge in [0.2, 0.25) is 0 Å². The predicted octanol–water partition coefficient (Wildman–Crippen LogP) is 2.26. The van der Waals surface area contributed by atoms with Crippen LogP contribution in [0, 0.1) is 5.92 Å². The van der Waals surface area contributed by atoms with Crippen molar-refractivity contribution in [2.24, 2.45) is 5.92 Å². The summed E-state index contributed by atoms with van der Waals surface area (Å²) in [6.07, 6.45) is 8.11. The molecule has 132 valence electrons. The topological polar surface area (TPSA) is 54.5 Å². The Bertz CT molecular complexity index is 557. The van der Waals surface area contributed by atoms with Gasteiger partial charge in [-0.2, -0.15) is 0 Å². The highest BCUT2D eigenvalue weighted by atomic mass is 16.5. The molecule has 0 saturated carbocycles. The Morgan fingerprint density at radius 2 is 2.33 bits per heavy atom. The molecule has 5 heteroatoms. The van der Waals surface area contributed by atoms with Gasteiger partial charge in [0.1, 0.15) is 0 Å². The molecule has 1 aromatic rings. The van der Waals surface area contributed by atoms with Crippen molar-refractivity contribution in [3.63, 3.8) is 0 Å². The number of hydrogen-bond donors (Lipinski definition) is 1. The van der Waals surface area contributed by atoms with Crippen LogP contribution in [0.5, 0.6) is 0 Å². The van der Waals surface area contributed by atoms with Crippen LogP contribution in [-0.2, 0) is 11.2 Å². The van der Waals surface area contributed by atoms with Crippen LogP contribution >= 0.6 is 0 Å². The van der Waals surface area contributed by atoms with Crippen molar-refractivity contribution >= 4 is 5.91 Å². The Kier molecular flexibility index (Phi) is 5.85. The molecule has 3 heterocycles. The lowest BCUT2D eigenvalue weighted by atomic mass is 9.93. The number of pyridine rings is 1. The molecule has 5 nitrogen and oxygen atoms in total. The summed E-state index contributed by atoms with van der Waals surface area (Å²) >= 11 is 0. The minimum atomic E-state index is 0.0404. The van der Waals surface area contributed by atoms with Crippen molar-refractivity contribution in [3.8, 4) is 0 Å². The Morgan fingerprint density at radius 3 is 3.04 bits per heavy atom. The van der Waals surface area contributed by atoms with Crippen LogP contribution < -0.4 is 5.32 Å². The second kappa shape index (κ2) is 8.08. The molecule has 2 aliphatic heterocycles. The first-order chi connectivity index (χ1) is 11.7. The van der Waals surface area contributed by atoms with E-state index >= 15 is 0 Å². The highest BCUT2D eigenvalue weighted by molar-refractivity contribution is 5.95. The van der Waals surface area contributed by atoms with Gasteiger partial charge in [-0.1, -0.05) is 13.8 Å². The molecule has 1 amide bonds. The molecule has 2 aliphatic rings. The van der Waals surface area contributed by atoms with Gasteiger partial charge in [0.25, 0.3) is 5.91 Å². The summed E-state index contributed by atoms with van der Waals surface area (Å²) < 4.78 is 5.75. The van der Waals surface area contributed by atoms with E-state index < -0.39 is 0 Å². The van der Waals surface area contributed by atoms with Crippen LogP contribution in [0.3, 0.4) is 0 Å². The van der Waals surface area contributed by atoms with E-state index in [1.807, 2.05) is 6.07 Å². The normalized spacial score (nSPS) is 28.0. The molecule has 1 N–H and O–H groups in total. The Balaban J connectivity index is 1.53. The molecule has 2 saturated heterocycles. The third-order valence-electron chi connectivity index (χ3n) is 5.32. The minimum absolute atomic E-state index is 0.0404. The van der Waals surface area contributed by atoms with Crippen molar-refractivity contribution in [2.45, 2.75) is 51.7 Å². The van der Waals surface area contributed by atoms with E-state index in [1.165, 1.54) is 12.8 Å². The van der Waals surface area contributed by atoms with Crippen LogP contribution in [0.15, 0.2) is 18.5 Å². The SMILES string of the molecule is CCc1cnccc1C(=O)N[C@@H]1CCN(C[C@H]2CCCO2)C[C@@H]1C. The number of aromatic nitrogens is 1. The number of carbonyl (C=O) groups excluding carboxylic acids is 1. The number of aryl methyl sites for hydroxylation is 1. The van der Waals surface area contributed by atoms with Gasteiger partial charge in [0.15, 0.2) is 0 Å². The van der Waals surface area contributed by atoms with Gasteiger partial charge in [-0.05, 0) is 43.2 Å². The molecule has 24 heavy (non-hydrogen) atoms. The van der Waals surface area contributed by atoms with E-state index in [2.05, 4.69) is 29.0 Å². The maximum absolute atomic E-state index is 12.6. The summed E-state index contributed by atoms with van der Waals surface area (Å²) in [6, 6.07) is 2.07. The lowest BCUT2D eigenvalue weighted by Gasteiger charge is -2.38. The number of carbonyl (C=O) groups is 1. The fraction of sp³-hybridized carbons (Fsp3) is 0.684. The predicted molar refractivity (Wildman–Crippen MR) is 94.1 cm³/mol. The monoisotopic (exact) mass is 331 g/mol. The third-order valence-corrected chi connectivity index (χ3v) is 5.32. The molecule has 3 rings (SSSR count). The fourth-order valence-electron chi connectivity index (χ4n) is 3.87. The van der Waals surface area contributed by atoms with Gasteiger partial charge in [0, 0.05) is 50.2 Å². The number of hydrogen-bond acceptors (Lipinski definition) is 4. The standard InChI is InChI=1S/C19H29N3O2/c1-3-15-11-20-8-6-17(15)19(23)21-18-7-9-22(12-14(18)2)13-16-5-4-10-24-16/h6,8,11,14,16,18H,3-5,7,9-10,12-13H2,1-2H3,(H,21,23)/t14-,16+,18+/m0/s1. The average molecular weight is 331 g/mol. The van der Waals surface area contributed by atoms with Crippen molar-refractivity contribution in [3.05, 3.63) is 29.6 Å². The van der Waals surface area contributed by atoms with Crippen LogP contribution in [0.4, 0.5) is 0 Å². The number of piperidine rings is 1. The zero-order valence-electron chi connectivity index (χ0n) is 14.8. The Labute approximate surface area is 144 Å².